The number of hydrogen-bond donors (Lipinski definition) is 0. The first-order valence-corrected chi connectivity index (χ1v) is 10.0. The Morgan fingerprint density at radius 3 is 1.89 bits per heavy atom. The second-order valence-corrected chi connectivity index (χ2v) is 7.66. The molecule has 0 aliphatic rings. The third kappa shape index (κ3) is 4.71. The van der Waals surface area contributed by atoms with Crippen LogP contribution in [-0.2, 0) is 6.11 Å². The van der Waals surface area contributed by atoms with Crippen molar-refractivity contribution in [3.8, 4) is 28.0 Å². The first kappa shape index (κ1) is 24.3. The van der Waals surface area contributed by atoms with Crippen molar-refractivity contribution in [2.45, 2.75) is 13.0 Å². The van der Waals surface area contributed by atoms with E-state index in [0.29, 0.717) is 29.8 Å². The average Bonchev–Trinajstić information content (AvgIpc) is 2.78. The van der Waals surface area contributed by atoms with Gasteiger partial charge in [-0.3, -0.25) is 0 Å². The minimum absolute atomic E-state index is 0.0806. The molecule has 0 spiro atoms. The Balaban J connectivity index is 1.68. The Hall–Kier alpha value is -3.88. The maximum atomic E-state index is 14.8. The molecule has 0 aliphatic carbocycles. The molecule has 4 aromatic rings. The molecule has 4 aromatic carbocycles. The molecular formula is C26H14F8O. The van der Waals surface area contributed by atoms with Gasteiger partial charge in [0, 0.05) is 22.8 Å². The summed E-state index contributed by atoms with van der Waals surface area (Å²) in [6.45, 7) is 1.67. The van der Waals surface area contributed by atoms with Gasteiger partial charge in [0.2, 0.25) is 0 Å². The lowest BCUT2D eigenvalue weighted by Gasteiger charge is -2.20. The highest BCUT2D eigenvalue weighted by Gasteiger charge is 2.39. The zero-order valence-electron chi connectivity index (χ0n) is 17.8. The van der Waals surface area contributed by atoms with E-state index < -0.39 is 63.5 Å². The largest absolute Gasteiger partial charge is 0.429 e. The van der Waals surface area contributed by atoms with E-state index >= 15 is 0 Å². The van der Waals surface area contributed by atoms with Gasteiger partial charge in [-0.15, -0.1) is 0 Å². The predicted molar refractivity (Wildman–Crippen MR) is 113 cm³/mol. The fraction of sp³-hybridized carbons (Fsp3) is 0.0769. The van der Waals surface area contributed by atoms with Crippen LogP contribution in [0.5, 0.6) is 5.75 Å². The molecule has 0 saturated heterocycles. The summed E-state index contributed by atoms with van der Waals surface area (Å²) in [6, 6.07) is 10.3. The second-order valence-electron chi connectivity index (χ2n) is 7.66. The Morgan fingerprint density at radius 2 is 1.23 bits per heavy atom. The molecular weight excluding hydrogens is 480 g/mol. The Labute approximate surface area is 194 Å². The van der Waals surface area contributed by atoms with E-state index in [1.165, 1.54) is 18.2 Å². The minimum atomic E-state index is -4.47. The molecule has 0 aliphatic heterocycles. The number of benzene rings is 4. The predicted octanol–water partition coefficient (Wildman–Crippen LogP) is 8.29. The van der Waals surface area contributed by atoms with Crippen molar-refractivity contribution in [2.24, 2.45) is 0 Å². The van der Waals surface area contributed by atoms with Crippen molar-refractivity contribution in [1.29, 1.82) is 0 Å². The average molecular weight is 494 g/mol. The zero-order chi connectivity index (χ0) is 25.5. The van der Waals surface area contributed by atoms with Crippen LogP contribution in [0, 0.1) is 41.8 Å². The summed E-state index contributed by atoms with van der Waals surface area (Å²) >= 11 is 0. The van der Waals surface area contributed by atoms with Gasteiger partial charge >= 0.3 is 6.11 Å². The van der Waals surface area contributed by atoms with E-state index in [-0.39, 0.29) is 11.1 Å². The molecule has 0 atom stereocenters. The maximum absolute atomic E-state index is 14.8. The molecule has 4 rings (SSSR count). The third-order valence-electron chi connectivity index (χ3n) is 5.23. The fourth-order valence-electron chi connectivity index (χ4n) is 3.48. The van der Waals surface area contributed by atoms with Crippen LogP contribution in [0.15, 0.2) is 66.7 Å². The zero-order valence-corrected chi connectivity index (χ0v) is 17.8. The molecule has 0 heterocycles. The van der Waals surface area contributed by atoms with Crippen molar-refractivity contribution in [1.82, 2.24) is 0 Å². The smallest absolute Gasteiger partial charge is 0.429 e. The molecule has 1 nitrogen and oxygen atoms in total. The van der Waals surface area contributed by atoms with Crippen LogP contribution in [0.2, 0.25) is 0 Å². The summed E-state index contributed by atoms with van der Waals surface area (Å²) in [5, 5.41) is 0. The molecule has 0 unspecified atom stereocenters. The van der Waals surface area contributed by atoms with Crippen LogP contribution in [-0.4, -0.2) is 0 Å². The molecule has 180 valence electrons. The van der Waals surface area contributed by atoms with Gasteiger partial charge in [-0.1, -0.05) is 30.3 Å². The van der Waals surface area contributed by atoms with E-state index in [9.17, 15) is 35.1 Å². The standard InChI is InChI=1S/C26H14F8O/c1-13-2-5-16(21(28)10-13)14-3-6-17(22(29)11-14)18-7-8-19(25(32)24(18)31)26(33,34)35-15-4-9-20(27)23(30)12-15/h2-12H,1H3. The van der Waals surface area contributed by atoms with Gasteiger partial charge in [0.25, 0.3) is 0 Å². The molecule has 0 aromatic heterocycles. The summed E-state index contributed by atoms with van der Waals surface area (Å²) in [7, 11) is 0. The van der Waals surface area contributed by atoms with Crippen LogP contribution in [0.3, 0.4) is 0 Å². The SMILES string of the molecule is Cc1ccc(-c2ccc(-c3ccc(C(F)(F)Oc4ccc(F)c(F)c4)c(F)c3F)c(F)c2)c(F)c1. The lowest BCUT2D eigenvalue weighted by atomic mass is 9.97. The van der Waals surface area contributed by atoms with Crippen molar-refractivity contribution in [3.63, 3.8) is 0 Å². The highest BCUT2D eigenvalue weighted by molar-refractivity contribution is 5.72. The third-order valence-corrected chi connectivity index (χ3v) is 5.23. The monoisotopic (exact) mass is 494 g/mol. The van der Waals surface area contributed by atoms with E-state index in [2.05, 4.69) is 4.74 Å². The van der Waals surface area contributed by atoms with Gasteiger partial charge in [-0.05, 0) is 48.4 Å². The number of aryl methyl sites for hydroxylation is 1. The molecule has 35 heavy (non-hydrogen) atoms. The van der Waals surface area contributed by atoms with Crippen molar-refractivity contribution >= 4 is 0 Å². The first-order chi connectivity index (χ1) is 16.5. The van der Waals surface area contributed by atoms with E-state index in [1.807, 2.05) is 0 Å². The van der Waals surface area contributed by atoms with Crippen molar-refractivity contribution in [3.05, 3.63) is 113 Å². The normalized spacial score (nSPS) is 11.6. The quantitative estimate of drug-likeness (QED) is 0.254. The Bertz CT molecular complexity index is 1430. The van der Waals surface area contributed by atoms with Gasteiger partial charge in [0.15, 0.2) is 23.3 Å². The molecule has 0 fully saturated rings. The van der Waals surface area contributed by atoms with E-state index in [4.69, 9.17) is 0 Å². The molecule has 0 radical (unpaired) electrons. The van der Waals surface area contributed by atoms with Crippen LogP contribution >= 0.6 is 0 Å². The number of ether oxygens (including phenoxy) is 1. The highest BCUT2D eigenvalue weighted by Crippen LogP contribution is 2.38. The number of alkyl halides is 2. The van der Waals surface area contributed by atoms with Gasteiger partial charge in [-0.25, -0.2) is 26.3 Å². The van der Waals surface area contributed by atoms with Gasteiger partial charge < -0.3 is 4.74 Å². The van der Waals surface area contributed by atoms with Gasteiger partial charge in [-0.2, -0.15) is 8.78 Å². The van der Waals surface area contributed by atoms with Crippen LogP contribution in [0.25, 0.3) is 22.3 Å². The fourth-order valence-corrected chi connectivity index (χ4v) is 3.48. The summed E-state index contributed by atoms with van der Waals surface area (Å²) in [6.07, 6.45) is -4.47. The number of rotatable bonds is 5. The highest BCUT2D eigenvalue weighted by atomic mass is 19.3. The Kier molecular flexibility index (Phi) is 6.27. The summed E-state index contributed by atoms with van der Waals surface area (Å²) in [5.41, 5.74) is -1.80. The van der Waals surface area contributed by atoms with Crippen LogP contribution < -0.4 is 4.74 Å². The molecule has 0 bridgehead atoms. The summed E-state index contributed by atoms with van der Waals surface area (Å²) in [4.78, 5) is 0. The summed E-state index contributed by atoms with van der Waals surface area (Å²) < 4.78 is 118. The lowest BCUT2D eigenvalue weighted by Crippen LogP contribution is -2.24. The minimum Gasteiger partial charge on any atom is -0.429 e. The number of hydrogen-bond acceptors (Lipinski definition) is 1. The van der Waals surface area contributed by atoms with Gasteiger partial charge in [0.05, 0.1) is 0 Å². The van der Waals surface area contributed by atoms with E-state index in [0.717, 1.165) is 18.2 Å². The maximum Gasteiger partial charge on any atom is 0.429 e. The molecule has 0 N–H and O–H groups in total. The Morgan fingerprint density at radius 1 is 0.571 bits per heavy atom. The van der Waals surface area contributed by atoms with Crippen molar-refractivity contribution in [2.75, 3.05) is 0 Å². The van der Waals surface area contributed by atoms with Crippen LogP contribution in [0.4, 0.5) is 35.1 Å². The topological polar surface area (TPSA) is 9.23 Å². The lowest BCUT2D eigenvalue weighted by molar-refractivity contribution is -0.187. The molecule has 0 saturated carbocycles. The van der Waals surface area contributed by atoms with Gasteiger partial charge in [0.1, 0.15) is 22.9 Å². The summed E-state index contributed by atoms with van der Waals surface area (Å²) in [5.74, 6) is -9.10. The van der Waals surface area contributed by atoms with Crippen molar-refractivity contribution < 1.29 is 39.9 Å². The molecule has 9 heteroatoms. The second kappa shape index (κ2) is 9.05. The first-order valence-electron chi connectivity index (χ1n) is 10.0. The van der Waals surface area contributed by atoms with E-state index in [1.54, 1.807) is 13.0 Å². The van der Waals surface area contributed by atoms with Crippen LogP contribution in [0.1, 0.15) is 11.1 Å². The number of halogens is 8. The molecule has 0 amide bonds.